The van der Waals surface area contributed by atoms with Gasteiger partial charge in [-0.1, -0.05) is 13.8 Å². The average Bonchev–Trinajstić information content (AvgIpc) is 2.43. The summed E-state index contributed by atoms with van der Waals surface area (Å²) in [6, 6.07) is 0.364. The Morgan fingerprint density at radius 3 is 2.37 bits per heavy atom. The Balaban J connectivity index is 2.73. The second-order valence-corrected chi connectivity index (χ2v) is 5.80. The molecule has 1 saturated heterocycles. The first-order valence-electron chi connectivity index (χ1n) is 7.72. The van der Waals surface area contributed by atoms with Crippen LogP contribution in [0.4, 0.5) is 0 Å². The zero-order valence-corrected chi connectivity index (χ0v) is 13.4. The molecule has 1 N–H and O–H groups in total. The van der Waals surface area contributed by atoms with Gasteiger partial charge in [0.05, 0.1) is 25.9 Å². The third-order valence-electron chi connectivity index (χ3n) is 4.25. The van der Waals surface area contributed by atoms with Crippen LogP contribution in [0, 0.1) is 0 Å². The molecule has 0 amide bonds. The molecule has 0 bridgehead atoms. The van der Waals surface area contributed by atoms with Crippen LogP contribution in [-0.4, -0.2) is 62.0 Å². The van der Waals surface area contributed by atoms with Crippen LogP contribution >= 0.6 is 0 Å². The van der Waals surface area contributed by atoms with E-state index in [-0.39, 0.29) is 11.6 Å². The molecule has 1 aliphatic rings. The molecule has 19 heavy (non-hydrogen) atoms. The van der Waals surface area contributed by atoms with E-state index < -0.39 is 0 Å². The van der Waals surface area contributed by atoms with E-state index in [0.29, 0.717) is 6.04 Å². The first kappa shape index (κ1) is 16.9. The SMILES string of the molecule is CCNC(COC(C)C)C(C)(CC)N1CCOCC1. The van der Waals surface area contributed by atoms with Crippen LogP contribution in [0.15, 0.2) is 0 Å². The summed E-state index contributed by atoms with van der Waals surface area (Å²) in [5, 5.41) is 3.62. The summed E-state index contributed by atoms with van der Waals surface area (Å²) < 4.78 is 11.4. The number of likely N-dealkylation sites (N-methyl/N-ethyl adjacent to an activating group) is 1. The van der Waals surface area contributed by atoms with Gasteiger partial charge in [-0.05, 0) is 33.7 Å². The zero-order chi connectivity index (χ0) is 14.3. The summed E-state index contributed by atoms with van der Waals surface area (Å²) in [6.45, 7) is 16.5. The van der Waals surface area contributed by atoms with Gasteiger partial charge in [0.2, 0.25) is 0 Å². The second kappa shape index (κ2) is 8.20. The van der Waals surface area contributed by atoms with E-state index in [0.717, 1.165) is 45.9 Å². The van der Waals surface area contributed by atoms with Crippen molar-refractivity contribution in [3.05, 3.63) is 0 Å². The molecule has 0 radical (unpaired) electrons. The lowest BCUT2D eigenvalue weighted by Gasteiger charge is -2.48. The van der Waals surface area contributed by atoms with Crippen molar-refractivity contribution in [3.8, 4) is 0 Å². The van der Waals surface area contributed by atoms with Crippen molar-refractivity contribution < 1.29 is 9.47 Å². The van der Waals surface area contributed by atoms with Gasteiger partial charge in [-0.15, -0.1) is 0 Å². The minimum absolute atomic E-state index is 0.134. The molecule has 114 valence electrons. The number of hydrogen-bond donors (Lipinski definition) is 1. The molecular weight excluding hydrogens is 240 g/mol. The highest BCUT2D eigenvalue weighted by Crippen LogP contribution is 2.25. The highest BCUT2D eigenvalue weighted by molar-refractivity contribution is 4.97. The second-order valence-electron chi connectivity index (χ2n) is 5.80. The minimum atomic E-state index is 0.134. The molecule has 2 unspecified atom stereocenters. The molecule has 1 fully saturated rings. The molecule has 2 atom stereocenters. The normalized spacial score (nSPS) is 22.4. The number of ether oxygens (including phenoxy) is 2. The highest BCUT2D eigenvalue weighted by Gasteiger charge is 2.38. The average molecular weight is 272 g/mol. The fraction of sp³-hybridized carbons (Fsp3) is 1.00. The van der Waals surface area contributed by atoms with Crippen molar-refractivity contribution in [1.29, 1.82) is 0 Å². The topological polar surface area (TPSA) is 33.7 Å². The van der Waals surface area contributed by atoms with Gasteiger partial charge in [0.1, 0.15) is 0 Å². The van der Waals surface area contributed by atoms with Crippen molar-refractivity contribution in [2.75, 3.05) is 39.5 Å². The van der Waals surface area contributed by atoms with E-state index >= 15 is 0 Å². The third kappa shape index (κ3) is 4.71. The number of morpholine rings is 1. The Kier molecular flexibility index (Phi) is 7.29. The predicted molar refractivity (Wildman–Crippen MR) is 79.6 cm³/mol. The summed E-state index contributed by atoms with van der Waals surface area (Å²) in [5.74, 6) is 0. The summed E-state index contributed by atoms with van der Waals surface area (Å²) >= 11 is 0. The summed E-state index contributed by atoms with van der Waals surface area (Å²) in [7, 11) is 0. The molecule has 0 spiro atoms. The first-order valence-corrected chi connectivity index (χ1v) is 7.72. The molecule has 1 aliphatic heterocycles. The Labute approximate surface area is 118 Å². The Morgan fingerprint density at radius 2 is 1.89 bits per heavy atom. The molecule has 4 heteroatoms. The summed E-state index contributed by atoms with van der Waals surface area (Å²) in [5.41, 5.74) is 0.134. The third-order valence-corrected chi connectivity index (χ3v) is 4.25. The van der Waals surface area contributed by atoms with Crippen LogP contribution in [-0.2, 0) is 9.47 Å². The molecule has 0 aromatic rings. The van der Waals surface area contributed by atoms with Gasteiger partial charge in [-0.2, -0.15) is 0 Å². The number of nitrogens with one attached hydrogen (secondary N) is 1. The summed E-state index contributed by atoms with van der Waals surface area (Å²) in [6.07, 6.45) is 1.40. The van der Waals surface area contributed by atoms with Crippen LogP contribution in [0.1, 0.15) is 41.0 Å². The quantitative estimate of drug-likeness (QED) is 0.731. The monoisotopic (exact) mass is 272 g/mol. The summed E-state index contributed by atoms with van der Waals surface area (Å²) in [4.78, 5) is 2.56. The molecule has 1 heterocycles. The van der Waals surface area contributed by atoms with E-state index in [1.807, 2.05) is 0 Å². The highest BCUT2D eigenvalue weighted by atomic mass is 16.5. The maximum Gasteiger partial charge on any atom is 0.0641 e. The minimum Gasteiger partial charge on any atom is -0.379 e. The smallest absolute Gasteiger partial charge is 0.0641 e. The number of nitrogens with zero attached hydrogens (tertiary/aromatic N) is 1. The van der Waals surface area contributed by atoms with Gasteiger partial charge in [0.15, 0.2) is 0 Å². The van der Waals surface area contributed by atoms with Crippen LogP contribution in [0.2, 0.25) is 0 Å². The van der Waals surface area contributed by atoms with Crippen molar-refractivity contribution in [2.45, 2.75) is 58.7 Å². The van der Waals surface area contributed by atoms with Gasteiger partial charge in [0, 0.05) is 24.7 Å². The molecule has 0 aromatic carbocycles. The van der Waals surface area contributed by atoms with E-state index in [2.05, 4.69) is 44.8 Å². The lowest BCUT2D eigenvalue weighted by molar-refractivity contribution is -0.0521. The van der Waals surface area contributed by atoms with Crippen molar-refractivity contribution in [1.82, 2.24) is 10.2 Å². The van der Waals surface area contributed by atoms with E-state index in [1.54, 1.807) is 0 Å². The Hall–Kier alpha value is -0.160. The van der Waals surface area contributed by atoms with Crippen LogP contribution < -0.4 is 5.32 Å². The lowest BCUT2D eigenvalue weighted by atomic mass is 9.87. The number of rotatable bonds is 8. The van der Waals surface area contributed by atoms with E-state index in [4.69, 9.17) is 9.47 Å². The maximum absolute atomic E-state index is 5.87. The fourth-order valence-electron chi connectivity index (χ4n) is 2.76. The molecule has 0 aromatic heterocycles. The van der Waals surface area contributed by atoms with Crippen LogP contribution in [0.5, 0.6) is 0 Å². The Bertz CT molecular complexity index is 242. The first-order chi connectivity index (χ1) is 9.04. The van der Waals surface area contributed by atoms with Crippen LogP contribution in [0.25, 0.3) is 0 Å². The fourth-order valence-corrected chi connectivity index (χ4v) is 2.76. The lowest BCUT2D eigenvalue weighted by Crippen LogP contribution is -2.63. The van der Waals surface area contributed by atoms with Gasteiger partial charge < -0.3 is 14.8 Å². The van der Waals surface area contributed by atoms with Gasteiger partial charge in [-0.25, -0.2) is 0 Å². The van der Waals surface area contributed by atoms with E-state index in [1.165, 1.54) is 0 Å². The van der Waals surface area contributed by atoms with Gasteiger partial charge >= 0.3 is 0 Å². The largest absolute Gasteiger partial charge is 0.379 e. The maximum atomic E-state index is 5.87. The molecular formula is C15H32N2O2. The van der Waals surface area contributed by atoms with Crippen molar-refractivity contribution in [3.63, 3.8) is 0 Å². The molecule has 4 nitrogen and oxygen atoms in total. The zero-order valence-electron chi connectivity index (χ0n) is 13.4. The molecule has 0 aliphatic carbocycles. The van der Waals surface area contributed by atoms with Gasteiger partial charge in [-0.3, -0.25) is 4.90 Å². The van der Waals surface area contributed by atoms with Gasteiger partial charge in [0.25, 0.3) is 0 Å². The van der Waals surface area contributed by atoms with Crippen molar-refractivity contribution in [2.24, 2.45) is 0 Å². The molecule has 0 saturated carbocycles. The standard InChI is InChI=1S/C15H32N2O2/c1-6-15(5,17-8-10-18-11-9-17)14(16-7-2)12-19-13(3)4/h13-14,16H,6-12H2,1-5H3. The molecule has 1 rings (SSSR count). The predicted octanol–water partition coefficient (Wildman–Crippen LogP) is 1.89. The van der Waals surface area contributed by atoms with Crippen molar-refractivity contribution >= 4 is 0 Å². The van der Waals surface area contributed by atoms with E-state index in [9.17, 15) is 0 Å². The Morgan fingerprint density at radius 1 is 1.26 bits per heavy atom. The number of hydrogen-bond acceptors (Lipinski definition) is 4. The van der Waals surface area contributed by atoms with Crippen LogP contribution in [0.3, 0.4) is 0 Å².